The summed E-state index contributed by atoms with van der Waals surface area (Å²) >= 11 is 0. The Labute approximate surface area is 155 Å². The minimum atomic E-state index is -4.56. The van der Waals surface area contributed by atoms with Gasteiger partial charge in [-0.2, -0.15) is 13.2 Å². The summed E-state index contributed by atoms with van der Waals surface area (Å²) in [6.07, 6.45) is -4.44. The first kappa shape index (κ1) is 22.2. The van der Waals surface area contributed by atoms with Gasteiger partial charge in [0.1, 0.15) is 6.61 Å². The molecule has 1 unspecified atom stereocenters. The van der Waals surface area contributed by atoms with Crippen LogP contribution in [0.25, 0.3) is 0 Å². The fraction of sp³-hybridized carbons (Fsp3) is 0.500. The Kier molecular flexibility index (Phi) is 6.13. The van der Waals surface area contributed by atoms with Crippen molar-refractivity contribution in [3.63, 3.8) is 0 Å². The van der Waals surface area contributed by atoms with Gasteiger partial charge < -0.3 is 9.84 Å². The maximum absolute atomic E-state index is 14.0. The Hall–Kier alpha value is -2.10. The Morgan fingerprint density at radius 2 is 1.57 bits per heavy atom. The number of benzene rings is 1. The Morgan fingerprint density at radius 1 is 1.07 bits per heavy atom. The third-order valence-electron chi connectivity index (χ3n) is 4.82. The van der Waals surface area contributed by atoms with Gasteiger partial charge in [0, 0.05) is 24.7 Å². The van der Waals surface area contributed by atoms with Crippen molar-refractivity contribution in [1.29, 1.82) is 0 Å². The highest BCUT2D eigenvalue weighted by Gasteiger charge is 2.61. The molecule has 1 aliphatic rings. The van der Waals surface area contributed by atoms with Crippen LogP contribution in [0.5, 0.6) is 0 Å². The molecular formula is C18H17F7O3. The van der Waals surface area contributed by atoms with Crippen LogP contribution in [-0.4, -0.2) is 23.9 Å². The van der Waals surface area contributed by atoms with E-state index in [1.165, 1.54) is 13.8 Å². The average Bonchev–Trinajstić information content (AvgIpc) is 3.15. The van der Waals surface area contributed by atoms with Crippen LogP contribution in [0.15, 0.2) is 12.2 Å². The number of aliphatic hydroxyl groups is 1. The van der Waals surface area contributed by atoms with Gasteiger partial charge in [-0.3, -0.25) is 4.79 Å². The van der Waals surface area contributed by atoms with E-state index >= 15 is 0 Å². The molecule has 2 atom stereocenters. The Balaban J connectivity index is 2.15. The standard InChI is InChI=1S/C18H17F7O3/c1-17(2)10(3-5-18(23,24)25)11(17)16(27)28-7-9-14(21)12(19)8(4-6-26)13(20)15(9)22/h3,5,10-11,26H,4,6-7H2,1-2H3/t10?,11-/m0/s1. The van der Waals surface area contributed by atoms with Gasteiger partial charge in [0.15, 0.2) is 23.3 Å². The van der Waals surface area contributed by atoms with Crippen molar-refractivity contribution >= 4 is 5.97 Å². The number of hydrogen-bond acceptors (Lipinski definition) is 3. The zero-order chi connectivity index (χ0) is 21.4. The molecule has 0 aromatic heterocycles. The highest BCUT2D eigenvalue weighted by molar-refractivity contribution is 5.78. The van der Waals surface area contributed by atoms with Crippen molar-refractivity contribution in [2.75, 3.05) is 6.61 Å². The molecule has 0 aliphatic heterocycles. The van der Waals surface area contributed by atoms with Gasteiger partial charge in [0.25, 0.3) is 0 Å². The van der Waals surface area contributed by atoms with Gasteiger partial charge in [-0.25, -0.2) is 17.6 Å². The minimum Gasteiger partial charge on any atom is -0.460 e. The highest BCUT2D eigenvalue weighted by Crippen LogP contribution is 2.59. The summed E-state index contributed by atoms with van der Waals surface area (Å²) < 4.78 is 97.2. The molecular weight excluding hydrogens is 397 g/mol. The molecule has 1 aromatic carbocycles. The van der Waals surface area contributed by atoms with E-state index in [-0.39, 0.29) is 6.08 Å². The zero-order valence-corrected chi connectivity index (χ0v) is 14.8. The predicted octanol–water partition coefficient (Wildman–Crippen LogP) is 4.21. The van der Waals surface area contributed by atoms with Crippen molar-refractivity contribution in [3.8, 4) is 0 Å². The van der Waals surface area contributed by atoms with Crippen molar-refractivity contribution in [2.45, 2.75) is 33.1 Å². The largest absolute Gasteiger partial charge is 0.460 e. The molecule has 2 rings (SSSR count). The fourth-order valence-electron chi connectivity index (χ4n) is 3.11. The van der Waals surface area contributed by atoms with E-state index in [4.69, 9.17) is 9.84 Å². The van der Waals surface area contributed by atoms with Gasteiger partial charge in [0.2, 0.25) is 0 Å². The summed E-state index contributed by atoms with van der Waals surface area (Å²) in [4.78, 5) is 12.1. The van der Waals surface area contributed by atoms with Crippen LogP contribution in [0.2, 0.25) is 0 Å². The second-order valence-corrected chi connectivity index (χ2v) is 7.02. The van der Waals surface area contributed by atoms with Crippen molar-refractivity contribution < 1.29 is 45.4 Å². The van der Waals surface area contributed by atoms with Crippen LogP contribution >= 0.6 is 0 Å². The van der Waals surface area contributed by atoms with Crippen LogP contribution in [-0.2, 0) is 22.6 Å². The van der Waals surface area contributed by atoms with Crippen LogP contribution in [0.4, 0.5) is 30.7 Å². The predicted molar refractivity (Wildman–Crippen MR) is 82.8 cm³/mol. The van der Waals surface area contributed by atoms with Crippen LogP contribution < -0.4 is 0 Å². The van der Waals surface area contributed by atoms with E-state index in [1.807, 2.05) is 0 Å². The van der Waals surface area contributed by atoms with Gasteiger partial charge in [-0.1, -0.05) is 19.9 Å². The second-order valence-electron chi connectivity index (χ2n) is 7.02. The number of rotatable bonds is 6. The smallest absolute Gasteiger partial charge is 0.409 e. The maximum Gasteiger partial charge on any atom is 0.409 e. The number of hydrogen-bond donors (Lipinski definition) is 1. The third kappa shape index (κ3) is 4.31. The van der Waals surface area contributed by atoms with Crippen LogP contribution in [0.1, 0.15) is 25.0 Å². The van der Waals surface area contributed by atoms with Gasteiger partial charge in [-0.05, 0) is 11.3 Å². The van der Waals surface area contributed by atoms with E-state index in [2.05, 4.69) is 0 Å². The third-order valence-corrected chi connectivity index (χ3v) is 4.82. The van der Waals surface area contributed by atoms with Crippen LogP contribution in [0.3, 0.4) is 0 Å². The normalized spacial score (nSPS) is 21.2. The van der Waals surface area contributed by atoms with Gasteiger partial charge in [-0.15, -0.1) is 0 Å². The van der Waals surface area contributed by atoms with E-state index in [9.17, 15) is 35.5 Å². The number of alkyl halides is 3. The fourth-order valence-corrected chi connectivity index (χ4v) is 3.11. The molecule has 0 radical (unpaired) electrons. The zero-order valence-electron chi connectivity index (χ0n) is 14.8. The van der Waals surface area contributed by atoms with Crippen molar-refractivity contribution in [3.05, 3.63) is 46.5 Å². The molecule has 0 spiro atoms. The topological polar surface area (TPSA) is 46.5 Å². The molecule has 0 bridgehead atoms. The van der Waals surface area contributed by atoms with Gasteiger partial charge >= 0.3 is 12.1 Å². The first-order valence-corrected chi connectivity index (χ1v) is 8.20. The molecule has 3 nitrogen and oxygen atoms in total. The van der Waals surface area contributed by atoms with Gasteiger partial charge in [0.05, 0.1) is 11.5 Å². The van der Waals surface area contributed by atoms with E-state index in [1.54, 1.807) is 0 Å². The van der Waals surface area contributed by atoms with Crippen LogP contribution in [0, 0.1) is 40.5 Å². The number of ether oxygens (including phenoxy) is 1. The monoisotopic (exact) mass is 414 g/mol. The number of allylic oxidation sites excluding steroid dienone is 2. The molecule has 1 fully saturated rings. The Morgan fingerprint density at radius 3 is 2.04 bits per heavy atom. The molecule has 28 heavy (non-hydrogen) atoms. The summed E-state index contributed by atoms with van der Waals surface area (Å²) in [6, 6.07) is 0. The van der Waals surface area contributed by atoms with E-state index in [0.717, 1.165) is 6.08 Å². The number of aliphatic hydroxyl groups excluding tert-OH is 1. The lowest BCUT2D eigenvalue weighted by Crippen LogP contribution is -2.15. The molecule has 1 aromatic rings. The van der Waals surface area contributed by atoms with E-state index < -0.39 is 83.4 Å². The highest BCUT2D eigenvalue weighted by atomic mass is 19.4. The molecule has 1 aliphatic carbocycles. The SMILES string of the molecule is CC1(C)C(C=CC(F)(F)F)[C@H]1C(=O)OCc1c(F)c(F)c(CCO)c(F)c1F. The lowest BCUT2D eigenvalue weighted by atomic mass is 10.1. The first-order valence-electron chi connectivity index (χ1n) is 8.20. The molecule has 1 saturated carbocycles. The lowest BCUT2D eigenvalue weighted by molar-refractivity contribution is -0.147. The van der Waals surface area contributed by atoms with Crippen molar-refractivity contribution in [2.24, 2.45) is 17.3 Å². The number of halogens is 7. The van der Waals surface area contributed by atoms with Crippen molar-refractivity contribution in [1.82, 2.24) is 0 Å². The summed E-state index contributed by atoms with van der Waals surface area (Å²) in [6.45, 7) is 1.14. The first-order chi connectivity index (χ1) is 12.8. The summed E-state index contributed by atoms with van der Waals surface area (Å²) in [5.41, 5.74) is -3.02. The Bertz CT molecular complexity index is 770. The summed E-state index contributed by atoms with van der Waals surface area (Å²) in [5, 5.41) is 8.71. The number of carbonyl (C=O) groups is 1. The summed E-state index contributed by atoms with van der Waals surface area (Å²) in [5.74, 6) is -9.80. The molecule has 156 valence electrons. The molecule has 0 heterocycles. The minimum absolute atomic E-state index is 0.0172. The lowest BCUT2D eigenvalue weighted by Gasteiger charge is -2.12. The molecule has 0 saturated heterocycles. The number of esters is 1. The second kappa shape index (κ2) is 7.73. The summed E-state index contributed by atoms with van der Waals surface area (Å²) in [7, 11) is 0. The molecule has 1 N–H and O–H groups in total. The molecule has 0 amide bonds. The number of carbonyl (C=O) groups excluding carboxylic acids is 1. The van der Waals surface area contributed by atoms with E-state index in [0.29, 0.717) is 0 Å². The quantitative estimate of drug-likeness (QED) is 0.328. The molecule has 10 heteroatoms. The maximum atomic E-state index is 14.0. The average molecular weight is 414 g/mol.